The maximum absolute atomic E-state index is 12.1. The van der Waals surface area contributed by atoms with Gasteiger partial charge in [0.05, 0.1) is 1.37 Å². The van der Waals surface area contributed by atoms with E-state index in [0.717, 1.165) is 0 Å². The highest BCUT2D eigenvalue weighted by Gasteiger charge is 2.21. The van der Waals surface area contributed by atoms with Gasteiger partial charge in [-0.2, -0.15) is 0 Å². The Morgan fingerprint density at radius 3 is 2.60 bits per heavy atom. The van der Waals surface area contributed by atoms with E-state index in [1.54, 1.807) is 51.1 Å². The number of rotatable bonds is 4. The fourth-order valence-electron chi connectivity index (χ4n) is 1.25. The van der Waals surface area contributed by atoms with Crippen molar-refractivity contribution in [2.45, 2.75) is 45.9 Å². The van der Waals surface area contributed by atoms with E-state index in [1.165, 1.54) is 0 Å². The molecule has 0 aromatic heterocycles. The highest BCUT2D eigenvalue weighted by molar-refractivity contribution is 5.81. The molecule has 1 N–H and O–H groups in total. The fraction of sp³-hybridized carbons (Fsp3) is 0.467. The van der Waals surface area contributed by atoms with Gasteiger partial charge in [-0.25, -0.2) is 9.59 Å². The molecule has 0 aliphatic heterocycles. The second-order valence-electron chi connectivity index (χ2n) is 5.10. The average Bonchev–Trinajstić information content (AvgIpc) is 2.50. The number of hydrogen-bond acceptors (Lipinski definition) is 4. The third kappa shape index (κ3) is 6.22. The summed E-state index contributed by atoms with van der Waals surface area (Å²) in [5.74, 6) is -1.16. The van der Waals surface area contributed by atoms with Gasteiger partial charge < -0.3 is 14.8 Å². The van der Waals surface area contributed by atoms with Crippen molar-refractivity contribution in [2.75, 3.05) is 0 Å². The standard InChI is InChI=1S/C15H21NO4/c1-11(16-14(18)20-15(2,3)4)13(17)19-10-12-8-6-5-7-9-12/h5-9,11H,10H2,1-4H3,(H,16,18)/i1D,11D/hD. The number of alkyl carbamates (subject to hydrolysis) is 1. The van der Waals surface area contributed by atoms with Crippen LogP contribution in [0.1, 0.15) is 36.0 Å². The third-order valence-electron chi connectivity index (χ3n) is 2.07. The van der Waals surface area contributed by atoms with Gasteiger partial charge in [0.25, 0.3) is 0 Å². The third-order valence-corrected chi connectivity index (χ3v) is 2.07. The Balaban J connectivity index is 2.78. The van der Waals surface area contributed by atoms with E-state index in [4.69, 9.17) is 13.6 Å². The quantitative estimate of drug-likeness (QED) is 0.862. The maximum atomic E-state index is 12.1. The van der Waals surface area contributed by atoms with Crippen LogP contribution in [0.25, 0.3) is 0 Å². The van der Waals surface area contributed by atoms with Crippen LogP contribution in [0.2, 0.25) is 1.41 Å². The van der Waals surface area contributed by atoms with Crippen LogP contribution < -0.4 is 5.31 Å². The minimum atomic E-state index is -2.49. The maximum Gasteiger partial charge on any atom is 0.408 e. The van der Waals surface area contributed by atoms with Gasteiger partial charge in [-0.05, 0) is 33.2 Å². The Hall–Kier alpha value is -2.04. The summed E-state index contributed by atoms with van der Waals surface area (Å²) in [5, 5.41) is 0.0403. The monoisotopic (exact) mass is 282 g/mol. The Kier molecular flexibility index (Phi) is 4.08. The first kappa shape index (κ1) is 11.8. The predicted octanol–water partition coefficient (Wildman–Crippen LogP) is 2.64. The van der Waals surface area contributed by atoms with E-state index < -0.39 is 30.6 Å². The average molecular weight is 282 g/mol. The molecule has 1 aromatic carbocycles. The molecule has 1 atom stereocenters. The van der Waals surface area contributed by atoms with Gasteiger partial charge in [0.1, 0.15) is 18.2 Å². The molecular weight excluding hydrogens is 258 g/mol. The largest absolute Gasteiger partial charge is 0.459 e. The molecule has 0 radical (unpaired) electrons. The van der Waals surface area contributed by atoms with E-state index in [1.807, 2.05) is 0 Å². The number of carbonyl (C=O) groups is 2. The summed E-state index contributed by atoms with van der Waals surface area (Å²) in [4.78, 5) is 23.9. The Morgan fingerprint density at radius 2 is 2.05 bits per heavy atom. The highest BCUT2D eigenvalue weighted by Crippen LogP contribution is 2.07. The molecule has 5 heteroatoms. The summed E-state index contributed by atoms with van der Waals surface area (Å²) in [6, 6.07) is 6.30. The molecule has 0 bridgehead atoms. The van der Waals surface area contributed by atoms with Crippen molar-refractivity contribution in [3.8, 4) is 0 Å². The second kappa shape index (κ2) is 6.93. The van der Waals surface area contributed by atoms with E-state index in [2.05, 4.69) is 0 Å². The fourth-order valence-corrected chi connectivity index (χ4v) is 1.25. The van der Waals surface area contributed by atoms with Crippen LogP contribution in [0, 0.1) is 0 Å². The first-order valence-corrected chi connectivity index (χ1v) is 6.12. The van der Waals surface area contributed by atoms with Gasteiger partial charge in [-0.15, -0.1) is 0 Å². The van der Waals surface area contributed by atoms with Crippen molar-refractivity contribution in [1.82, 2.24) is 5.31 Å². The van der Waals surface area contributed by atoms with Crippen molar-refractivity contribution in [3.63, 3.8) is 0 Å². The molecule has 1 amide bonds. The summed E-state index contributed by atoms with van der Waals surface area (Å²) in [6.45, 7) is 3.84. The van der Waals surface area contributed by atoms with Crippen molar-refractivity contribution >= 4 is 12.1 Å². The van der Waals surface area contributed by atoms with E-state index >= 15 is 0 Å². The smallest absolute Gasteiger partial charge is 0.408 e. The minimum absolute atomic E-state index is 0.0403. The Labute approximate surface area is 123 Å². The van der Waals surface area contributed by atoms with Crippen LogP contribution in [0.5, 0.6) is 0 Å². The Bertz CT molecular complexity index is 547. The molecule has 5 nitrogen and oxygen atoms in total. The lowest BCUT2D eigenvalue weighted by molar-refractivity contribution is -0.147. The zero-order chi connectivity index (χ0) is 17.7. The summed E-state index contributed by atoms with van der Waals surface area (Å²) in [7, 11) is 0. The van der Waals surface area contributed by atoms with Crippen LogP contribution in [0.3, 0.4) is 0 Å². The number of amides is 1. The van der Waals surface area contributed by atoms with Gasteiger partial charge in [0.15, 0.2) is 1.41 Å². The van der Waals surface area contributed by atoms with Gasteiger partial charge in [0, 0.05) is 1.37 Å². The SMILES string of the molecule is [2H]CC([2H])(C(=O)OCc1ccccc1)N([2H])C(=O)OC(C)(C)C. The summed E-state index contributed by atoms with van der Waals surface area (Å²) in [6.07, 6.45) is -1.18. The molecule has 0 spiro atoms. The summed E-state index contributed by atoms with van der Waals surface area (Å²) in [5.41, 5.74) is -0.185. The van der Waals surface area contributed by atoms with Gasteiger partial charge >= 0.3 is 12.1 Å². The van der Waals surface area contributed by atoms with Gasteiger partial charge in [0.2, 0.25) is 0 Å². The Morgan fingerprint density at radius 1 is 1.40 bits per heavy atom. The molecule has 0 saturated carbocycles. The van der Waals surface area contributed by atoms with Crippen molar-refractivity contribution in [2.24, 2.45) is 0 Å². The lowest BCUT2D eigenvalue weighted by Crippen LogP contribution is -2.42. The summed E-state index contributed by atoms with van der Waals surface area (Å²) >= 11 is 0. The van der Waals surface area contributed by atoms with Crippen LogP contribution in [0.15, 0.2) is 30.3 Å². The van der Waals surface area contributed by atoms with Crippen molar-refractivity contribution in [1.29, 1.82) is 0 Å². The van der Waals surface area contributed by atoms with E-state index in [0.29, 0.717) is 5.56 Å². The molecule has 0 fully saturated rings. The van der Waals surface area contributed by atoms with E-state index in [9.17, 15) is 9.59 Å². The number of carbonyl (C=O) groups excluding carboxylic acids is 2. The zero-order valence-electron chi connectivity index (χ0n) is 14.9. The number of hydrogen-bond donors (Lipinski definition) is 1. The zero-order valence-corrected chi connectivity index (χ0v) is 11.9. The van der Waals surface area contributed by atoms with E-state index in [-0.39, 0.29) is 11.9 Å². The summed E-state index contributed by atoms with van der Waals surface area (Å²) < 4.78 is 32.9. The lowest BCUT2D eigenvalue weighted by atomic mass is 10.2. The molecule has 0 heterocycles. The van der Waals surface area contributed by atoms with Crippen LogP contribution >= 0.6 is 0 Å². The number of ether oxygens (including phenoxy) is 2. The lowest BCUT2D eigenvalue weighted by Gasteiger charge is -2.21. The molecule has 20 heavy (non-hydrogen) atoms. The highest BCUT2D eigenvalue weighted by atomic mass is 16.6. The predicted molar refractivity (Wildman–Crippen MR) is 75.1 cm³/mol. The molecular formula is C15H21NO4. The van der Waals surface area contributed by atoms with Crippen molar-refractivity contribution in [3.05, 3.63) is 35.9 Å². The number of nitrogens with one attached hydrogen (secondary N) is 1. The normalized spacial score (nSPS) is 16.1. The van der Waals surface area contributed by atoms with Crippen LogP contribution in [-0.2, 0) is 20.9 Å². The first-order chi connectivity index (χ1) is 10.6. The van der Waals surface area contributed by atoms with Crippen LogP contribution in [0.4, 0.5) is 4.79 Å². The van der Waals surface area contributed by atoms with Gasteiger partial charge in [-0.3, -0.25) is 0 Å². The molecule has 0 aliphatic rings. The number of esters is 1. The second-order valence-corrected chi connectivity index (χ2v) is 5.10. The molecule has 110 valence electrons. The van der Waals surface area contributed by atoms with Gasteiger partial charge in [-0.1, -0.05) is 30.3 Å². The molecule has 1 unspecified atom stereocenters. The minimum Gasteiger partial charge on any atom is -0.459 e. The molecule has 0 saturated heterocycles. The van der Waals surface area contributed by atoms with Crippen molar-refractivity contribution < 1.29 is 23.2 Å². The molecule has 1 rings (SSSR count). The number of benzene rings is 1. The topological polar surface area (TPSA) is 64.6 Å². The van der Waals surface area contributed by atoms with Crippen LogP contribution in [-0.4, -0.2) is 23.7 Å². The first-order valence-electron chi connectivity index (χ1n) is 7.78. The molecule has 1 aromatic rings. The molecule has 0 aliphatic carbocycles.